The van der Waals surface area contributed by atoms with Crippen LogP contribution in [0.2, 0.25) is 0 Å². The molecule has 0 saturated carbocycles. The molecule has 2 N–H and O–H groups in total. The summed E-state index contributed by atoms with van der Waals surface area (Å²) in [4.78, 5) is 11.3. The van der Waals surface area contributed by atoms with Gasteiger partial charge in [-0.15, -0.1) is 11.8 Å². The minimum atomic E-state index is -0.845. The molecule has 0 radical (unpaired) electrons. The molecule has 162 valence electrons. The molecule has 30 heavy (non-hydrogen) atoms. The maximum absolute atomic E-state index is 11.3. The van der Waals surface area contributed by atoms with Gasteiger partial charge in [0.15, 0.2) is 11.5 Å². The minimum absolute atomic E-state index is 0.164. The molecule has 1 heterocycles. The third-order valence-electron chi connectivity index (χ3n) is 5.05. The van der Waals surface area contributed by atoms with Crippen molar-refractivity contribution in [1.82, 2.24) is 5.32 Å². The fourth-order valence-corrected chi connectivity index (χ4v) is 4.79. The Morgan fingerprint density at radius 3 is 2.63 bits per heavy atom. The molecule has 7 heteroatoms. The number of hydrogen-bond donors (Lipinski definition) is 2. The fourth-order valence-electron chi connectivity index (χ4n) is 3.54. The van der Waals surface area contributed by atoms with Crippen LogP contribution in [0.15, 0.2) is 36.4 Å². The molecular formula is C23H29NO5S. The molecule has 0 amide bonds. The topological polar surface area (TPSA) is 77.0 Å². The Kier molecular flexibility index (Phi) is 7.50. The third-order valence-corrected chi connectivity index (χ3v) is 6.30. The van der Waals surface area contributed by atoms with Crippen LogP contribution >= 0.6 is 11.8 Å². The van der Waals surface area contributed by atoms with E-state index in [1.165, 1.54) is 11.1 Å². The van der Waals surface area contributed by atoms with Gasteiger partial charge in [0.2, 0.25) is 0 Å². The number of carboxylic acid groups (broad SMARTS) is 1. The Hall–Kier alpha value is -2.38. The molecule has 6 nitrogen and oxygen atoms in total. The molecule has 3 rings (SSSR count). The molecule has 2 aromatic rings. The Balaban J connectivity index is 1.64. The van der Waals surface area contributed by atoms with Crippen LogP contribution in [0.4, 0.5) is 0 Å². The number of methoxy groups -OCH3 is 1. The van der Waals surface area contributed by atoms with Crippen molar-refractivity contribution >= 4 is 17.7 Å². The molecule has 0 aromatic heterocycles. The zero-order valence-electron chi connectivity index (χ0n) is 17.8. The van der Waals surface area contributed by atoms with Gasteiger partial charge in [-0.05, 0) is 42.2 Å². The number of ether oxygens (including phenoxy) is 3. The molecule has 0 aliphatic carbocycles. The van der Waals surface area contributed by atoms with Crippen LogP contribution in [0.5, 0.6) is 17.2 Å². The number of aryl methyl sites for hydroxylation is 1. The highest BCUT2D eigenvalue weighted by Crippen LogP contribution is 2.42. The summed E-state index contributed by atoms with van der Waals surface area (Å²) < 4.78 is 17.4. The summed E-state index contributed by atoms with van der Waals surface area (Å²) in [6.07, 6.45) is 0. The van der Waals surface area contributed by atoms with E-state index < -0.39 is 12.0 Å². The highest BCUT2D eigenvalue weighted by atomic mass is 32.2. The number of thioether (sulfide) groups is 1. The normalized spacial score (nSPS) is 18.4. The van der Waals surface area contributed by atoms with Crippen molar-refractivity contribution in [2.75, 3.05) is 26.1 Å². The standard InChI is InChI=1S/C23H29NO5S/c1-14(2)17-9-8-16(12-15(17)3)28-10-11-29-21-18(6-5-7-20(21)27-4)22-24-19(13-30-22)23(25)26/h5-9,12,14,19,22,24H,10-11,13H2,1-4H3,(H,25,26). The molecule has 2 aromatic carbocycles. The zero-order valence-corrected chi connectivity index (χ0v) is 18.6. The Morgan fingerprint density at radius 1 is 1.23 bits per heavy atom. The van der Waals surface area contributed by atoms with Crippen molar-refractivity contribution in [3.63, 3.8) is 0 Å². The molecule has 0 bridgehead atoms. The number of carbonyl (C=O) groups is 1. The molecule has 1 fully saturated rings. The average Bonchev–Trinajstić information content (AvgIpc) is 3.21. The third kappa shape index (κ3) is 5.21. The highest BCUT2D eigenvalue weighted by molar-refractivity contribution is 7.99. The molecule has 2 atom stereocenters. The number of carboxylic acids is 1. The molecule has 1 aliphatic heterocycles. The number of rotatable bonds is 9. The van der Waals surface area contributed by atoms with Gasteiger partial charge in [-0.3, -0.25) is 10.1 Å². The lowest BCUT2D eigenvalue weighted by Gasteiger charge is -2.19. The molecule has 1 saturated heterocycles. The van der Waals surface area contributed by atoms with E-state index in [1.807, 2.05) is 24.3 Å². The van der Waals surface area contributed by atoms with E-state index in [9.17, 15) is 9.90 Å². The van der Waals surface area contributed by atoms with Crippen molar-refractivity contribution in [2.24, 2.45) is 0 Å². The van der Waals surface area contributed by atoms with Crippen LogP contribution in [-0.2, 0) is 4.79 Å². The number of nitrogens with one attached hydrogen (secondary N) is 1. The van der Waals surface area contributed by atoms with E-state index >= 15 is 0 Å². The quantitative estimate of drug-likeness (QED) is 0.571. The van der Waals surface area contributed by atoms with Crippen LogP contribution in [-0.4, -0.2) is 43.2 Å². The second-order valence-electron chi connectivity index (χ2n) is 7.52. The number of hydrogen-bond acceptors (Lipinski definition) is 6. The summed E-state index contributed by atoms with van der Waals surface area (Å²) >= 11 is 1.55. The smallest absolute Gasteiger partial charge is 0.321 e. The SMILES string of the molecule is COc1cccc(C2NC(C(=O)O)CS2)c1OCCOc1ccc(C(C)C)c(C)c1. The predicted octanol–water partition coefficient (Wildman–Crippen LogP) is 4.37. The fraction of sp³-hybridized carbons (Fsp3) is 0.435. The average molecular weight is 432 g/mol. The molecule has 0 spiro atoms. The monoisotopic (exact) mass is 431 g/mol. The largest absolute Gasteiger partial charge is 0.493 e. The van der Waals surface area contributed by atoms with E-state index in [0.29, 0.717) is 36.4 Å². The predicted molar refractivity (Wildman–Crippen MR) is 119 cm³/mol. The van der Waals surface area contributed by atoms with Crippen LogP contribution in [0, 0.1) is 6.92 Å². The van der Waals surface area contributed by atoms with Gasteiger partial charge in [0, 0.05) is 11.3 Å². The highest BCUT2D eigenvalue weighted by Gasteiger charge is 2.32. The molecule has 1 aliphatic rings. The van der Waals surface area contributed by atoms with Crippen LogP contribution in [0.25, 0.3) is 0 Å². The summed E-state index contributed by atoms with van der Waals surface area (Å²) in [5.74, 6) is 2.19. The molecular weight excluding hydrogens is 402 g/mol. The first kappa shape index (κ1) is 22.3. The summed E-state index contributed by atoms with van der Waals surface area (Å²) in [5.41, 5.74) is 3.41. The van der Waals surface area contributed by atoms with E-state index in [2.05, 4.69) is 38.2 Å². The maximum atomic E-state index is 11.3. The van der Waals surface area contributed by atoms with Crippen molar-refractivity contribution in [3.05, 3.63) is 53.1 Å². The summed E-state index contributed by atoms with van der Waals surface area (Å²) in [7, 11) is 1.59. The second kappa shape index (κ2) is 10.1. The van der Waals surface area contributed by atoms with E-state index in [0.717, 1.165) is 11.3 Å². The molecule has 2 unspecified atom stereocenters. The van der Waals surface area contributed by atoms with Gasteiger partial charge >= 0.3 is 5.97 Å². The van der Waals surface area contributed by atoms with Gasteiger partial charge in [0.05, 0.1) is 12.5 Å². The van der Waals surface area contributed by atoms with E-state index in [1.54, 1.807) is 18.9 Å². The minimum Gasteiger partial charge on any atom is -0.493 e. The van der Waals surface area contributed by atoms with Crippen molar-refractivity contribution in [1.29, 1.82) is 0 Å². The number of benzene rings is 2. The van der Waals surface area contributed by atoms with Gasteiger partial charge in [0.1, 0.15) is 25.0 Å². The lowest BCUT2D eigenvalue weighted by molar-refractivity contribution is -0.138. The Labute approximate surface area is 181 Å². The first-order valence-corrected chi connectivity index (χ1v) is 11.1. The Morgan fingerprint density at radius 2 is 2.00 bits per heavy atom. The van der Waals surface area contributed by atoms with Crippen molar-refractivity contribution < 1.29 is 24.1 Å². The summed E-state index contributed by atoms with van der Waals surface area (Å²) in [6.45, 7) is 7.19. The zero-order chi connectivity index (χ0) is 21.7. The number of para-hydroxylation sites is 1. The first-order valence-electron chi connectivity index (χ1n) is 10.0. The van der Waals surface area contributed by atoms with Gasteiger partial charge in [-0.25, -0.2) is 0 Å². The first-order chi connectivity index (χ1) is 14.4. The van der Waals surface area contributed by atoms with Gasteiger partial charge < -0.3 is 19.3 Å². The number of aliphatic carboxylic acids is 1. The van der Waals surface area contributed by atoms with Gasteiger partial charge in [-0.2, -0.15) is 0 Å². The summed E-state index contributed by atoms with van der Waals surface area (Å²) in [6, 6.07) is 11.2. The lowest BCUT2D eigenvalue weighted by atomic mass is 9.98. The summed E-state index contributed by atoms with van der Waals surface area (Å²) in [5, 5.41) is 12.2. The van der Waals surface area contributed by atoms with Crippen LogP contribution in [0.3, 0.4) is 0 Å². The maximum Gasteiger partial charge on any atom is 0.321 e. The van der Waals surface area contributed by atoms with Gasteiger partial charge in [0.25, 0.3) is 0 Å². The van der Waals surface area contributed by atoms with E-state index in [-0.39, 0.29) is 5.37 Å². The van der Waals surface area contributed by atoms with Gasteiger partial charge in [-0.1, -0.05) is 32.0 Å². The van der Waals surface area contributed by atoms with Crippen molar-refractivity contribution in [3.8, 4) is 17.2 Å². The van der Waals surface area contributed by atoms with Crippen molar-refractivity contribution in [2.45, 2.75) is 38.1 Å². The Bertz CT molecular complexity index is 886. The van der Waals surface area contributed by atoms with Crippen LogP contribution in [0.1, 0.15) is 41.8 Å². The second-order valence-corrected chi connectivity index (χ2v) is 8.66. The van der Waals surface area contributed by atoms with Crippen LogP contribution < -0.4 is 19.5 Å². The van der Waals surface area contributed by atoms with E-state index in [4.69, 9.17) is 14.2 Å². The lowest BCUT2D eigenvalue weighted by Crippen LogP contribution is -2.33.